The van der Waals surface area contributed by atoms with E-state index in [1.807, 2.05) is 11.8 Å². The Kier molecular flexibility index (Phi) is 13.8. The van der Waals surface area contributed by atoms with Gasteiger partial charge < -0.3 is 24.2 Å². The summed E-state index contributed by atoms with van der Waals surface area (Å²) < 4.78 is 2.60. The molecule has 0 bridgehead atoms. The summed E-state index contributed by atoms with van der Waals surface area (Å²) in [4.78, 5) is 12.7. The molecule has 0 saturated carbocycles. The summed E-state index contributed by atoms with van der Waals surface area (Å²) in [6.45, 7) is 13.7. The van der Waals surface area contributed by atoms with Gasteiger partial charge in [-0.05, 0) is 164 Å². The van der Waals surface area contributed by atoms with E-state index < -0.39 is 0 Å². The zero-order valence-corrected chi connectivity index (χ0v) is 57.7. The lowest BCUT2D eigenvalue weighted by Gasteiger charge is -2.46. The van der Waals surface area contributed by atoms with Crippen LogP contribution < -0.4 is 52.4 Å². The second kappa shape index (κ2) is 23.1. The summed E-state index contributed by atoms with van der Waals surface area (Å²) in [6.07, 6.45) is 0. The normalized spacial score (nSPS) is 13.4. The lowest BCUT2D eigenvalue weighted by Crippen LogP contribution is -2.64. The van der Waals surface area contributed by atoms with Gasteiger partial charge in [-0.2, -0.15) is 0 Å². The molecule has 0 saturated heterocycles. The fourth-order valence-electron chi connectivity index (χ4n) is 16.6. The van der Waals surface area contributed by atoms with Gasteiger partial charge >= 0.3 is 0 Å². The van der Waals surface area contributed by atoms with Crippen LogP contribution in [0.3, 0.4) is 0 Å². The van der Waals surface area contributed by atoms with E-state index in [1.54, 1.807) is 0 Å². The quantitative estimate of drug-likeness (QED) is 0.134. The van der Waals surface area contributed by atoms with Gasteiger partial charge in [0.2, 0.25) is 6.71 Å². The van der Waals surface area contributed by atoms with Crippen molar-refractivity contribution in [1.82, 2.24) is 4.57 Å². The smallest absolute Gasteiger partial charge is 0.252 e. The van der Waals surface area contributed by atoms with E-state index in [9.17, 15) is 0 Å². The number of hydrogen-bond acceptors (Lipinski definition) is 5. The molecule has 8 heteroatoms. The van der Waals surface area contributed by atoms with Gasteiger partial charge in [0.05, 0.1) is 22.4 Å². The van der Waals surface area contributed by atoms with Gasteiger partial charge in [0.1, 0.15) is 0 Å². The predicted octanol–water partition coefficient (Wildman–Crippen LogP) is 21.0. The van der Waals surface area contributed by atoms with Crippen LogP contribution >= 0.6 is 11.8 Å². The third kappa shape index (κ3) is 9.48. The predicted molar refractivity (Wildman–Crippen MR) is 428 cm³/mol. The molecule has 1 aromatic heterocycles. The molecule has 5 nitrogen and oxygen atoms in total. The van der Waals surface area contributed by atoms with E-state index in [0.29, 0.717) is 0 Å². The molecular weight excluding hydrogens is 1230 g/mol. The Morgan fingerprint density at radius 2 is 0.740 bits per heavy atom. The molecule has 100 heavy (non-hydrogen) atoms. The number of aromatic nitrogens is 1. The monoisotopic (exact) mass is 1300 g/mol. The molecule has 0 N–H and O–H groups in total. The summed E-state index contributed by atoms with van der Waals surface area (Å²) >= 11 is 1.94. The Hall–Kier alpha value is -11.4. The van der Waals surface area contributed by atoms with Gasteiger partial charge in [0.25, 0.3) is 6.71 Å². The first kappa shape index (κ1) is 59.8. The second-order valence-electron chi connectivity index (χ2n) is 29.2. The van der Waals surface area contributed by atoms with Gasteiger partial charge in [-0.3, -0.25) is 0 Å². The van der Waals surface area contributed by atoms with Crippen LogP contribution in [0.25, 0.3) is 49.7 Å². The van der Waals surface area contributed by atoms with Crippen molar-refractivity contribution in [2.24, 2.45) is 0 Å². The van der Waals surface area contributed by atoms with Crippen LogP contribution in [0.15, 0.2) is 331 Å². The number of para-hydroxylation sites is 7. The first-order chi connectivity index (χ1) is 48.9. The van der Waals surface area contributed by atoms with Crippen molar-refractivity contribution in [1.29, 1.82) is 0 Å². The Morgan fingerprint density at radius 3 is 1.24 bits per heavy atom. The van der Waals surface area contributed by atoms with E-state index in [2.05, 4.69) is 387 Å². The molecule has 0 amide bonds. The molecule has 0 spiro atoms. The van der Waals surface area contributed by atoms with Crippen LogP contribution in [-0.4, -0.2) is 18.0 Å². The molecule has 0 radical (unpaired) electrons. The van der Waals surface area contributed by atoms with Crippen molar-refractivity contribution in [3.63, 3.8) is 0 Å². The Bertz CT molecular complexity index is 5580. The van der Waals surface area contributed by atoms with Crippen LogP contribution in [0.2, 0.25) is 0 Å². The third-order valence-electron chi connectivity index (χ3n) is 21.2. The Morgan fingerprint density at radius 1 is 0.300 bits per heavy atom. The van der Waals surface area contributed by atoms with Crippen molar-refractivity contribution in [3.05, 3.63) is 333 Å². The first-order valence-corrected chi connectivity index (χ1v) is 35.9. The maximum absolute atomic E-state index is 2.70. The molecule has 5 heterocycles. The van der Waals surface area contributed by atoms with E-state index >= 15 is 0 Å². The second-order valence-corrected chi connectivity index (χ2v) is 30.3. The molecular formula is C92H71B2N5S. The van der Waals surface area contributed by atoms with Gasteiger partial charge in [0, 0.05) is 94.3 Å². The van der Waals surface area contributed by atoms with Gasteiger partial charge in [-0.25, -0.2) is 0 Å². The molecule has 0 aliphatic carbocycles. The minimum absolute atomic E-state index is 0.0706. The summed E-state index contributed by atoms with van der Waals surface area (Å²) in [6, 6.07) is 121. The summed E-state index contributed by atoms with van der Waals surface area (Å²) in [5.74, 6) is 0. The van der Waals surface area contributed by atoms with E-state index in [0.717, 1.165) is 84.8 Å². The van der Waals surface area contributed by atoms with Gasteiger partial charge in [-0.15, -0.1) is 0 Å². The summed E-state index contributed by atoms with van der Waals surface area (Å²) in [7, 11) is 0. The highest BCUT2D eigenvalue weighted by Crippen LogP contribution is 2.54. The minimum atomic E-state index is -0.183. The largest absolute Gasteiger partial charge is 0.311 e. The molecule has 4 aliphatic rings. The van der Waals surface area contributed by atoms with E-state index in [1.165, 1.54) is 86.9 Å². The van der Waals surface area contributed by atoms with Gasteiger partial charge in [0.15, 0.2) is 0 Å². The van der Waals surface area contributed by atoms with Crippen molar-refractivity contribution >= 4 is 148 Å². The number of hydrogen-bond donors (Lipinski definition) is 0. The van der Waals surface area contributed by atoms with Crippen LogP contribution in [0.1, 0.15) is 52.7 Å². The number of fused-ring (bicyclic) bond motifs is 11. The standard InChI is InChI=1S/C92H71B2N5S/c1-91(2,3)62-48-50-72-73-51-49-63(92(4,5)6)53-81(73)98(80(72)52-62)69-56-85-89-87(57-69)100-86-59-82-76(58-77(86)94(89)75-45-26-28-47-79(75)97(85)67-40-23-12-24-41-67)93-74-44-25-27-46-78(74)96(66-38-21-11-22-39-66)83-54-68(95(64-34-17-9-18-35-64)65-36-19-10-20-37-65)55-84(88(83)93)99(82)90-70(60-30-13-7-14-31-60)42-29-43-71(90)61-32-15-8-16-33-61/h7-59H,1-6H3. The molecule has 15 aromatic rings. The molecule has 4 aliphatic heterocycles. The molecule has 0 unspecified atom stereocenters. The number of rotatable bonds is 9. The van der Waals surface area contributed by atoms with E-state index in [-0.39, 0.29) is 24.3 Å². The van der Waals surface area contributed by atoms with Crippen molar-refractivity contribution in [2.75, 3.05) is 19.6 Å². The molecule has 0 atom stereocenters. The van der Waals surface area contributed by atoms with E-state index in [4.69, 9.17) is 0 Å². The molecule has 19 rings (SSSR count). The third-order valence-corrected chi connectivity index (χ3v) is 22.4. The lowest BCUT2D eigenvalue weighted by atomic mass is 9.31. The average Bonchev–Trinajstić information content (AvgIpc) is 0.746. The highest BCUT2D eigenvalue weighted by atomic mass is 32.2. The number of anilines is 12. The fraction of sp³-hybridized carbons (Fsp3) is 0.0870. The van der Waals surface area contributed by atoms with Crippen LogP contribution in [-0.2, 0) is 10.8 Å². The van der Waals surface area contributed by atoms with Crippen LogP contribution in [0.4, 0.5) is 68.2 Å². The lowest BCUT2D eigenvalue weighted by molar-refractivity contribution is 0.591. The number of benzene rings is 14. The van der Waals surface area contributed by atoms with Crippen LogP contribution in [0, 0.1) is 0 Å². The molecule has 14 aromatic carbocycles. The van der Waals surface area contributed by atoms with Crippen molar-refractivity contribution < 1.29 is 0 Å². The first-order valence-electron chi connectivity index (χ1n) is 35.0. The minimum Gasteiger partial charge on any atom is -0.311 e. The Labute approximate surface area is 591 Å². The van der Waals surface area contributed by atoms with Crippen LogP contribution in [0.5, 0.6) is 0 Å². The summed E-state index contributed by atoms with van der Waals surface area (Å²) in [5.41, 5.74) is 31.9. The Balaban J connectivity index is 0.943. The zero-order chi connectivity index (χ0) is 67.1. The SMILES string of the molecule is CC(C)(C)c1ccc2c3ccc(C(C)(C)C)cc3n(-c3cc4c5c(c3)N(c3ccccc3)c3ccccc3B5c3cc5c(cc3S4)N(c3c(-c4ccccc4)cccc3-c3ccccc3)c3cc(N(c4ccccc4)c4ccccc4)cc4c3B5c3ccccc3N4c3ccccc3)c2c1. The zero-order valence-electron chi connectivity index (χ0n) is 56.9. The molecule has 476 valence electrons. The molecule has 0 fully saturated rings. The van der Waals surface area contributed by atoms with Gasteiger partial charge in [-0.1, -0.05) is 277 Å². The highest BCUT2D eigenvalue weighted by Gasteiger charge is 2.48. The topological polar surface area (TPSA) is 17.9 Å². The number of nitrogens with zero attached hydrogens (tertiary/aromatic N) is 5. The van der Waals surface area contributed by atoms with Crippen molar-refractivity contribution in [2.45, 2.75) is 62.2 Å². The average molecular weight is 1300 g/mol. The maximum Gasteiger partial charge on any atom is 0.252 e. The summed E-state index contributed by atoms with van der Waals surface area (Å²) in [5, 5.41) is 2.51. The van der Waals surface area contributed by atoms with Crippen molar-refractivity contribution in [3.8, 4) is 27.9 Å². The highest BCUT2D eigenvalue weighted by molar-refractivity contribution is 8.00. The fourth-order valence-corrected chi connectivity index (χ4v) is 17.8. The maximum atomic E-state index is 2.70.